The second-order valence-electron chi connectivity index (χ2n) is 11.4. The zero-order chi connectivity index (χ0) is 29.7. The number of hydrogen-bond acceptors (Lipinski definition) is 9. The average molecular weight is 588 g/mol. The Bertz CT molecular complexity index is 1710. The van der Waals surface area contributed by atoms with Crippen molar-refractivity contribution in [3.8, 4) is 5.88 Å². The van der Waals surface area contributed by atoms with E-state index in [0.29, 0.717) is 54.0 Å². The number of anilines is 2. The van der Waals surface area contributed by atoms with Crippen molar-refractivity contribution in [3.05, 3.63) is 76.5 Å². The molecule has 1 unspecified atom stereocenters. The van der Waals surface area contributed by atoms with Crippen molar-refractivity contribution in [1.29, 1.82) is 0 Å². The number of amides is 1. The molecule has 3 N–H and O–H groups in total. The van der Waals surface area contributed by atoms with E-state index in [2.05, 4.69) is 25.3 Å². The quantitative estimate of drug-likeness (QED) is 0.322. The third-order valence-electron chi connectivity index (χ3n) is 8.24. The molecule has 0 spiro atoms. The molecule has 2 fully saturated rings. The minimum Gasteiger partial charge on any atom is -0.468 e. The molecule has 0 bridgehead atoms. The largest absolute Gasteiger partial charge is 0.468 e. The monoisotopic (exact) mass is 587 g/mol. The van der Waals surface area contributed by atoms with Gasteiger partial charge in [-0.15, -0.1) is 0 Å². The summed E-state index contributed by atoms with van der Waals surface area (Å²) in [5.41, 5.74) is 11.0. The first-order chi connectivity index (χ1) is 20.8. The zero-order valence-corrected chi connectivity index (χ0v) is 23.6. The van der Waals surface area contributed by atoms with E-state index in [1.807, 2.05) is 18.2 Å². The molecule has 4 aromatic rings. The highest BCUT2D eigenvalue weighted by Gasteiger charge is 2.43. The maximum Gasteiger partial charge on any atom is 0.296 e. The van der Waals surface area contributed by atoms with E-state index in [4.69, 9.17) is 15.2 Å². The summed E-state index contributed by atoms with van der Waals surface area (Å²) in [5.74, 6) is -1.71. The number of alkyl halides is 2. The number of halogens is 2. The van der Waals surface area contributed by atoms with E-state index in [0.717, 1.165) is 40.7 Å². The fraction of sp³-hybridized carbons (Fsp3) is 0.387. The molecule has 222 valence electrons. The van der Waals surface area contributed by atoms with Crippen molar-refractivity contribution in [1.82, 2.24) is 25.3 Å². The van der Waals surface area contributed by atoms with Gasteiger partial charge in [0.05, 0.1) is 48.8 Å². The van der Waals surface area contributed by atoms with E-state index in [1.54, 1.807) is 30.3 Å². The smallest absolute Gasteiger partial charge is 0.296 e. The predicted molar refractivity (Wildman–Crippen MR) is 155 cm³/mol. The molecule has 2 aliphatic heterocycles. The van der Waals surface area contributed by atoms with Gasteiger partial charge in [0.2, 0.25) is 5.88 Å². The zero-order valence-electron chi connectivity index (χ0n) is 23.6. The number of benzene rings is 1. The number of carbonyl (C=O) groups is 1. The van der Waals surface area contributed by atoms with Gasteiger partial charge in [-0.3, -0.25) is 4.79 Å². The first kappa shape index (κ1) is 27.5. The van der Waals surface area contributed by atoms with Gasteiger partial charge in [-0.1, -0.05) is 12.1 Å². The second-order valence-corrected chi connectivity index (χ2v) is 11.4. The van der Waals surface area contributed by atoms with Crippen LogP contribution in [0.15, 0.2) is 42.7 Å². The number of pyridine rings is 2. The van der Waals surface area contributed by atoms with Crippen molar-refractivity contribution in [3.63, 3.8) is 0 Å². The summed E-state index contributed by atoms with van der Waals surface area (Å²) in [4.78, 5) is 33.5. The van der Waals surface area contributed by atoms with Crippen LogP contribution >= 0.6 is 0 Å². The summed E-state index contributed by atoms with van der Waals surface area (Å²) in [6.07, 6.45) is 4.10. The van der Waals surface area contributed by atoms with Gasteiger partial charge < -0.3 is 25.4 Å². The highest BCUT2D eigenvalue weighted by Crippen LogP contribution is 2.38. The van der Waals surface area contributed by atoms with Crippen LogP contribution < -0.4 is 20.7 Å². The van der Waals surface area contributed by atoms with Crippen LogP contribution in [0.1, 0.15) is 63.7 Å². The Labute approximate surface area is 246 Å². The number of nitrogen functional groups attached to an aromatic ring is 1. The number of ether oxygens (including phenoxy) is 2. The number of nitrogens with one attached hydrogen (secondary N) is 1. The Balaban J connectivity index is 1.22. The van der Waals surface area contributed by atoms with Crippen LogP contribution in [0.4, 0.5) is 20.3 Å². The molecule has 3 aromatic heterocycles. The van der Waals surface area contributed by atoms with E-state index in [9.17, 15) is 13.6 Å². The van der Waals surface area contributed by atoms with Crippen molar-refractivity contribution in [2.45, 2.75) is 63.9 Å². The summed E-state index contributed by atoms with van der Waals surface area (Å²) in [6.45, 7) is 2.81. The molecule has 1 amide bonds. The maximum atomic E-state index is 14.4. The van der Waals surface area contributed by atoms with Crippen molar-refractivity contribution >= 4 is 28.3 Å². The number of rotatable bonds is 7. The lowest BCUT2D eigenvalue weighted by atomic mass is 10.0. The fourth-order valence-corrected chi connectivity index (χ4v) is 5.71. The number of nitrogens with two attached hydrogens (primary N) is 1. The summed E-state index contributed by atoms with van der Waals surface area (Å²) in [6, 6.07) is 9.04. The third kappa shape index (κ3) is 5.36. The number of aromatic nitrogens is 4. The molecule has 10 nitrogen and oxygen atoms in total. The van der Waals surface area contributed by atoms with Gasteiger partial charge in [0.15, 0.2) is 6.10 Å². The molecule has 1 aromatic carbocycles. The van der Waals surface area contributed by atoms with Gasteiger partial charge in [0.1, 0.15) is 11.6 Å². The van der Waals surface area contributed by atoms with Crippen LogP contribution in [0.2, 0.25) is 0 Å². The van der Waals surface area contributed by atoms with Crippen LogP contribution in [0.3, 0.4) is 0 Å². The Hall–Kier alpha value is -4.29. The SMILES string of the molecule is Cc1nc(OC2CCNCC2(F)F)ccc1N(Cc1ccc2c3c(c(N)nc2c1)COC3)C(=O)c1cnc(C2CC2)nc1. The molecule has 12 heteroatoms. The van der Waals surface area contributed by atoms with Crippen LogP contribution in [0, 0.1) is 6.92 Å². The molecule has 7 rings (SSSR count). The van der Waals surface area contributed by atoms with Crippen LogP contribution in [0.25, 0.3) is 10.9 Å². The first-order valence-corrected chi connectivity index (χ1v) is 14.4. The summed E-state index contributed by atoms with van der Waals surface area (Å²) < 4.78 is 40.0. The lowest BCUT2D eigenvalue weighted by Gasteiger charge is -2.32. The van der Waals surface area contributed by atoms with Crippen LogP contribution in [-0.2, 0) is 24.5 Å². The molecule has 1 saturated carbocycles. The number of piperidine rings is 1. The van der Waals surface area contributed by atoms with Crippen LogP contribution in [0.5, 0.6) is 5.88 Å². The topological polar surface area (TPSA) is 128 Å². The molecular formula is C31H31F2N7O3. The minimum absolute atomic E-state index is 0.0822. The normalized spacial score (nSPS) is 19.3. The molecule has 0 radical (unpaired) electrons. The predicted octanol–water partition coefficient (Wildman–Crippen LogP) is 4.44. The lowest BCUT2D eigenvalue weighted by molar-refractivity contribution is -0.110. The Morgan fingerprint density at radius 3 is 2.65 bits per heavy atom. The highest BCUT2D eigenvalue weighted by molar-refractivity contribution is 6.06. The third-order valence-corrected chi connectivity index (χ3v) is 8.24. The molecule has 1 saturated heterocycles. The molecule has 5 heterocycles. The number of hydrogen-bond donors (Lipinski definition) is 2. The Morgan fingerprint density at radius 2 is 1.91 bits per heavy atom. The summed E-state index contributed by atoms with van der Waals surface area (Å²) in [5, 5.41) is 3.65. The van der Waals surface area contributed by atoms with Gasteiger partial charge in [0.25, 0.3) is 11.8 Å². The van der Waals surface area contributed by atoms with Gasteiger partial charge in [0, 0.05) is 41.7 Å². The number of fused-ring (bicyclic) bond motifs is 3. The number of nitrogens with zero attached hydrogens (tertiary/aromatic N) is 5. The second kappa shape index (κ2) is 10.8. The number of carbonyl (C=O) groups excluding carboxylic acids is 1. The van der Waals surface area contributed by atoms with Gasteiger partial charge >= 0.3 is 0 Å². The molecule has 43 heavy (non-hydrogen) atoms. The standard InChI is InChI=1S/C31H31F2N7O3/c1-17-25(6-7-27(38-17)43-26-8-9-35-16-31(26,32)33)40(30(41)20-11-36-29(37-12-20)19-3-4-19)13-18-2-5-21-22-14-42-15-23(22)28(34)39-24(21)10-18/h2,5-7,10-12,19,26,35H,3-4,8-9,13-16H2,1H3,(H2,34,39). The number of aryl methyl sites for hydroxylation is 1. The Morgan fingerprint density at radius 1 is 1.12 bits per heavy atom. The fourth-order valence-electron chi connectivity index (χ4n) is 5.71. The molecule has 3 aliphatic rings. The lowest BCUT2D eigenvalue weighted by Crippen LogP contribution is -2.52. The summed E-state index contributed by atoms with van der Waals surface area (Å²) >= 11 is 0. The van der Waals surface area contributed by atoms with E-state index >= 15 is 0 Å². The van der Waals surface area contributed by atoms with Gasteiger partial charge in [-0.05, 0) is 49.6 Å². The molecule has 1 aliphatic carbocycles. The summed E-state index contributed by atoms with van der Waals surface area (Å²) in [7, 11) is 0. The average Bonchev–Trinajstić information content (AvgIpc) is 3.72. The van der Waals surface area contributed by atoms with Crippen molar-refractivity contribution in [2.75, 3.05) is 23.7 Å². The van der Waals surface area contributed by atoms with E-state index in [1.165, 1.54) is 6.07 Å². The maximum absolute atomic E-state index is 14.4. The van der Waals surface area contributed by atoms with E-state index < -0.39 is 18.6 Å². The van der Waals surface area contributed by atoms with Gasteiger partial charge in [-0.25, -0.2) is 28.7 Å². The van der Waals surface area contributed by atoms with Crippen molar-refractivity contribution < 1.29 is 23.0 Å². The van der Waals surface area contributed by atoms with Crippen LogP contribution in [-0.4, -0.2) is 51.0 Å². The molecule has 1 atom stereocenters. The first-order valence-electron chi connectivity index (χ1n) is 14.4. The Kier molecular flexibility index (Phi) is 6.89. The van der Waals surface area contributed by atoms with E-state index in [-0.39, 0.29) is 24.8 Å². The minimum atomic E-state index is -3.01. The highest BCUT2D eigenvalue weighted by atomic mass is 19.3. The van der Waals surface area contributed by atoms with Crippen molar-refractivity contribution in [2.24, 2.45) is 0 Å². The van der Waals surface area contributed by atoms with Gasteiger partial charge in [-0.2, -0.15) is 0 Å². The molecular weight excluding hydrogens is 556 g/mol.